The van der Waals surface area contributed by atoms with Crippen LogP contribution in [0.5, 0.6) is 0 Å². The smallest absolute Gasteiger partial charge is 0.0700 e. The number of hydrogen-bond acceptors (Lipinski definition) is 3. The molecule has 8 atom stereocenters. The van der Waals surface area contributed by atoms with Gasteiger partial charge in [-0.25, -0.2) is 0 Å². The van der Waals surface area contributed by atoms with Gasteiger partial charge in [-0.3, -0.25) is 0 Å². The van der Waals surface area contributed by atoms with Gasteiger partial charge >= 0.3 is 0 Å². The fourth-order valence-corrected chi connectivity index (χ4v) is 4.20. The number of hydrogen-bond donors (Lipinski definition) is 1. The number of rotatable bonds is 0. The van der Waals surface area contributed by atoms with Crippen LogP contribution in [0.3, 0.4) is 0 Å². The Hall–Kier alpha value is -1.06. The van der Waals surface area contributed by atoms with Gasteiger partial charge in [-0.1, -0.05) is 0 Å². The number of nitriles is 2. The fraction of sp³-hybridized carbons (Fsp3) is 0.800. The molecule has 3 heteroatoms. The minimum Gasteiger partial charge on any atom is -0.392 e. The summed E-state index contributed by atoms with van der Waals surface area (Å²) in [6, 6.07) is 4.61. The first-order chi connectivity index (χ1) is 6.29. The second-order valence-electron chi connectivity index (χ2n) is 4.92. The van der Waals surface area contributed by atoms with E-state index in [9.17, 15) is 5.11 Å². The summed E-state index contributed by atoms with van der Waals surface area (Å²) in [5.74, 6) is 1.84. The maximum atomic E-state index is 9.84. The molecule has 5 aliphatic rings. The second kappa shape index (κ2) is 1.38. The first kappa shape index (κ1) is 6.40. The van der Waals surface area contributed by atoms with E-state index in [2.05, 4.69) is 12.1 Å². The lowest BCUT2D eigenvalue weighted by atomic mass is 9.81. The molecule has 5 rings (SSSR count). The Balaban J connectivity index is 1.76. The van der Waals surface area contributed by atoms with Crippen molar-refractivity contribution in [1.82, 2.24) is 0 Å². The predicted octanol–water partition coefficient (Wildman–Crippen LogP) is 0.132. The highest BCUT2D eigenvalue weighted by atomic mass is 16.3. The summed E-state index contributed by atoms with van der Waals surface area (Å²) in [6.07, 6.45) is -0.343. The number of aliphatic hydroxyl groups excluding tert-OH is 1. The zero-order valence-corrected chi connectivity index (χ0v) is 6.88. The highest BCUT2D eigenvalue weighted by Gasteiger charge is 2.97. The molecule has 1 N–H and O–H groups in total. The van der Waals surface area contributed by atoms with Crippen LogP contribution in [-0.4, -0.2) is 11.2 Å². The van der Waals surface area contributed by atoms with Crippen molar-refractivity contribution in [3.8, 4) is 12.1 Å². The lowest BCUT2D eigenvalue weighted by Crippen LogP contribution is -2.31. The highest BCUT2D eigenvalue weighted by molar-refractivity contribution is 5.49. The van der Waals surface area contributed by atoms with Crippen molar-refractivity contribution in [2.24, 2.45) is 40.9 Å². The number of nitrogens with zero attached hydrogens (tertiary/aromatic N) is 2. The van der Waals surface area contributed by atoms with E-state index in [1.165, 1.54) is 0 Å². The Kier molecular flexibility index (Phi) is 0.682. The van der Waals surface area contributed by atoms with Gasteiger partial charge in [-0.05, 0) is 17.8 Å². The van der Waals surface area contributed by atoms with E-state index in [1.54, 1.807) is 0 Å². The average Bonchev–Trinajstić information content (AvgIpc) is 3.01. The Bertz CT molecular complexity index is 404. The molecule has 0 aromatic carbocycles. The SMILES string of the molecule is N#C[C@@H]1[C@H]2[C@H](O)[C@@H]3[C@H]4[C@@H]([C@@H]12)[C@]43C#N. The fourth-order valence-electron chi connectivity index (χ4n) is 4.20. The summed E-state index contributed by atoms with van der Waals surface area (Å²) in [5, 5.41) is 27.6. The zero-order chi connectivity index (χ0) is 8.96. The summed E-state index contributed by atoms with van der Waals surface area (Å²) in [7, 11) is 0. The van der Waals surface area contributed by atoms with Gasteiger partial charge in [0.15, 0.2) is 0 Å². The lowest BCUT2D eigenvalue weighted by Gasteiger charge is -2.25. The second-order valence-corrected chi connectivity index (χ2v) is 4.92. The van der Waals surface area contributed by atoms with Crippen LogP contribution in [0, 0.1) is 63.6 Å². The molecular formula is C10H8N2O. The Morgan fingerprint density at radius 1 is 1.08 bits per heavy atom. The molecule has 0 heterocycles. The largest absolute Gasteiger partial charge is 0.392 e. The van der Waals surface area contributed by atoms with E-state index in [-0.39, 0.29) is 29.3 Å². The van der Waals surface area contributed by atoms with Crippen LogP contribution in [0.2, 0.25) is 0 Å². The molecule has 5 saturated carbocycles. The van der Waals surface area contributed by atoms with E-state index < -0.39 is 0 Å². The minimum absolute atomic E-state index is 0.0604. The van der Waals surface area contributed by atoms with E-state index in [0.717, 1.165) is 0 Å². The Morgan fingerprint density at radius 2 is 1.85 bits per heavy atom. The van der Waals surface area contributed by atoms with Gasteiger partial charge in [0, 0.05) is 11.8 Å². The zero-order valence-electron chi connectivity index (χ0n) is 6.88. The molecule has 2 bridgehead atoms. The lowest BCUT2D eigenvalue weighted by molar-refractivity contribution is 0.0493. The van der Waals surface area contributed by atoms with Crippen LogP contribution in [0.4, 0.5) is 0 Å². The Labute approximate surface area is 75.6 Å². The molecule has 0 aliphatic heterocycles. The van der Waals surface area contributed by atoms with Gasteiger partial charge in [-0.15, -0.1) is 0 Å². The number of aliphatic hydroxyl groups is 1. The molecule has 64 valence electrons. The van der Waals surface area contributed by atoms with E-state index in [0.29, 0.717) is 17.8 Å². The van der Waals surface area contributed by atoms with Gasteiger partial charge in [-0.2, -0.15) is 10.5 Å². The molecule has 0 aromatic heterocycles. The maximum absolute atomic E-state index is 9.84. The van der Waals surface area contributed by atoms with Crippen molar-refractivity contribution in [1.29, 1.82) is 10.5 Å². The van der Waals surface area contributed by atoms with E-state index >= 15 is 0 Å². The molecule has 0 amide bonds. The third kappa shape index (κ3) is 0.380. The molecule has 13 heavy (non-hydrogen) atoms. The molecule has 5 aliphatic carbocycles. The van der Waals surface area contributed by atoms with E-state index in [4.69, 9.17) is 10.5 Å². The standard InChI is InChI=1S/C10H8N2O/c11-1-3-4-5(3)9(13)8-7-6(4)10(7,8)2-12/h3-9,13H/t3-,4-,5+,6+,7+,8-,9-,10+/m0/s1. The molecular weight excluding hydrogens is 164 g/mol. The van der Waals surface area contributed by atoms with Gasteiger partial charge in [0.1, 0.15) is 0 Å². The van der Waals surface area contributed by atoms with Crippen LogP contribution in [-0.2, 0) is 0 Å². The van der Waals surface area contributed by atoms with Gasteiger partial charge < -0.3 is 5.11 Å². The predicted molar refractivity (Wildman–Crippen MR) is 40.6 cm³/mol. The summed E-state index contributed by atoms with van der Waals surface area (Å²) in [6.45, 7) is 0. The van der Waals surface area contributed by atoms with Crippen molar-refractivity contribution < 1.29 is 5.11 Å². The molecule has 0 aromatic rings. The average molecular weight is 172 g/mol. The van der Waals surface area contributed by atoms with Crippen LogP contribution in [0.25, 0.3) is 0 Å². The summed E-state index contributed by atoms with van der Waals surface area (Å²) < 4.78 is 0. The molecule has 0 unspecified atom stereocenters. The molecule has 0 saturated heterocycles. The normalized spacial score (nSPS) is 73.9. The molecule has 0 radical (unpaired) electrons. The third-order valence-corrected chi connectivity index (χ3v) is 4.86. The highest BCUT2D eigenvalue weighted by Crippen LogP contribution is 2.94. The van der Waals surface area contributed by atoms with Gasteiger partial charge in [0.2, 0.25) is 0 Å². The molecule has 0 spiro atoms. The van der Waals surface area contributed by atoms with Gasteiger partial charge in [0.05, 0.1) is 29.6 Å². The molecule has 3 nitrogen and oxygen atoms in total. The summed E-state index contributed by atoms with van der Waals surface area (Å²) in [4.78, 5) is 0. The maximum Gasteiger partial charge on any atom is 0.0700 e. The summed E-state index contributed by atoms with van der Waals surface area (Å²) >= 11 is 0. The monoisotopic (exact) mass is 172 g/mol. The van der Waals surface area contributed by atoms with Crippen LogP contribution >= 0.6 is 0 Å². The first-order valence-electron chi connectivity index (χ1n) is 4.78. The van der Waals surface area contributed by atoms with Crippen LogP contribution < -0.4 is 0 Å². The quantitative estimate of drug-likeness (QED) is 0.564. The van der Waals surface area contributed by atoms with Crippen molar-refractivity contribution in [2.45, 2.75) is 6.10 Å². The van der Waals surface area contributed by atoms with Crippen LogP contribution in [0.1, 0.15) is 0 Å². The van der Waals surface area contributed by atoms with Crippen molar-refractivity contribution in [3.63, 3.8) is 0 Å². The minimum atomic E-state index is -0.343. The van der Waals surface area contributed by atoms with Crippen molar-refractivity contribution in [2.75, 3.05) is 0 Å². The first-order valence-corrected chi connectivity index (χ1v) is 4.78. The van der Waals surface area contributed by atoms with E-state index in [1.807, 2.05) is 0 Å². The van der Waals surface area contributed by atoms with Crippen molar-refractivity contribution >= 4 is 0 Å². The molecule has 5 fully saturated rings. The topological polar surface area (TPSA) is 67.8 Å². The van der Waals surface area contributed by atoms with Gasteiger partial charge in [0.25, 0.3) is 0 Å². The summed E-state index contributed by atoms with van der Waals surface area (Å²) in [5.41, 5.74) is -0.161. The third-order valence-electron chi connectivity index (χ3n) is 4.86. The van der Waals surface area contributed by atoms with Crippen molar-refractivity contribution in [3.05, 3.63) is 0 Å². The Morgan fingerprint density at radius 3 is 2.38 bits per heavy atom. The van der Waals surface area contributed by atoms with Crippen LogP contribution in [0.15, 0.2) is 0 Å².